The van der Waals surface area contributed by atoms with E-state index in [1.807, 2.05) is 13.8 Å². The summed E-state index contributed by atoms with van der Waals surface area (Å²) >= 11 is 0. The minimum Gasteiger partial charge on any atom is -0.432 e. The fourth-order valence-electron chi connectivity index (χ4n) is 1.50. The van der Waals surface area contributed by atoms with Crippen LogP contribution in [-0.2, 0) is 21.7 Å². The Morgan fingerprint density at radius 3 is 0.630 bits per heavy atom. The van der Waals surface area contributed by atoms with E-state index in [1.54, 1.807) is 13.8 Å². The molecule has 0 amide bonds. The van der Waals surface area contributed by atoms with E-state index in [2.05, 4.69) is 41.5 Å². The molecule has 0 rings (SSSR count). The van der Waals surface area contributed by atoms with Gasteiger partial charge in [0.1, 0.15) is 0 Å². The van der Waals surface area contributed by atoms with Gasteiger partial charge in [-0.05, 0) is 63.0 Å². The first-order valence-corrected chi connectivity index (χ1v) is 15.9. The monoisotopic (exact) mass is 460 g/mol. The Hall–Kier alpha value is 0.988. The van der Waals surface area contributed by atoms with E-state index < -0.39 is 16.6 Å². The summed E-state index contributed by atoms with van der Waals surface area (Å²) in [4.78, 5) is 19.2. The molecular formula is C20H52O4Si2Ti. The molecule has 2 atom stereocenters. The second-order valence-corrected chi connectivity index (χ2v) is 16.2. The first-order chi connectivity index (χ1) is 11.9. The Morgan fingerprint density at radius 1 is 0.519 bits per heavy atom. The predicted molar refractivity (Wildman–Crippen MR) is 123 cm³/mol. The van der Waals surface area contributed by atoms with E-state index in [-0.39, 0.29) is 33.9 Å². The van der Waals surface area contributed by atoms with Crippen LogP contribution in [0.4, 0.5) is 0 Å². The first-order valence-electron chi connectivity index (χ1n) is 10.7. The van der Waals surface area contributed by atoms with Gasteiger partial charge in [-0.1, -0.05) is 55.4 Å². The van der Waals surface area contributed by atoms with Crippen molar-refractivity contribution in [3.8, 4) is 0 Å². The third-order valence-electron chi connectivity index (χ3n) is 5.13. The fraction of sp³-hybridized carbons (Fsp3) is 1.00. The number of rotatable bonds is 8. The normalized spacial score (nSPS) is 12.7. The molecule has 168 valence electrons. The summed E-state index contributed by atoms with van der Waals surface area (Å²) in [5.41, 5.74) is 0. The van der Waals surface area contributed by atoms with Crippen molar-refractivity contribution in [3.05, 3.63) is 0 Å². The fourth-order valence-corrected chi connectivity index (χ4v) is 4.50. The molecule has 0 aliphatic heterocycles. The summed E-state index contributed by atoms with van der Waals surface area (Å²) < 4.78 is 0. The number of hydrogen-bond donors (Lipinski definition) is 4. The molecule has 0 aromatic carbocycles. The quantitative estimate of drug-likeness (QED) is 0.360. The summed E-state index contributed by atoms with van der Waals surface area (Å²) in [6.07, 6.45) is 1.49. The van der Waals surface area contributed by atoms with Gasteiger partial charge >= 0.3 is 0 Å². The average molecular weight is 461 g/mol. The third-order valence-corrected chi connectivity index (χ3v) is 13.0. The Morgan fingerprint density at radius 2 is 0.630 bits per heavy atom. The van der Waals surface area contributed by atoms with Crippen LogP contribution < -0.4 is 0 Å². The molecule has 0 aliphatic carbocycles. The molecule has 0 aliphatic rings. The van der Waals surface area contributed by atoms with Gasteiger partial charge in [-0.3, -0.25) is 0 Å². The van der Waals surface area contributed by atoms with Gasteiger partial charge in [0.15, 0.2) is 16.6 Å². The van der Waals surface area contributed by atoms with Crippen molar-refractivity contribution in [3.63, 3.8) is 0 Å². The largest absolute Gasteiger partial charge is 0.432 e. The van der Waals surface area contributed by atoms with Crippen LogP contribution in [0, 0.1) is 0 Å². The minimum absolute atomic E-state index is 0. The maximum absolute atomic E-state index is 9.58. The van der Waals surface area contributed by atoms with Gasteiger partial charge in [-0.2, -0.15) is 0 Å². The Balaban J connectivity index is -0.0000000807. The van der Waals surface area contributed by atoms with Crippen LogP contribution in [0.5, 0.6) is 0 Å². The minimum atomic E-state index is -1.67. The molecule has 0 saturated carbocycles. The van der Waals surface area contributed by atoms with Crippen LogP contribution in [0.1, 0.15) is 82.1 Å². The molecule has 7 heteroatoms. The van der Waals surface area contributed by atoms with Gasteiger partial charge in [0.25, 0.3) is 0 Å². The molecule has 0 heterocycles. The molecule has 0 spiro atoms. The molecule has 0 bridgehead atoms. The zero-order valence-electron chi connectivity index (χ0n) is 20.1. The van der Waals surface area contributed by atoms with Crippen molar-refractivity contribution in [2.24, 2.45) is 0 Å². The van der Waals surface area contributed by atoms with E-state index >= 15 is 0 Å². The Bertz CT molecular complexity index is 218. The van der Waals surface area contributed by atoms with Gasteiger partial charge in [0.05, 0.1) is 12.2 Å². The zero-order chi connectivity index (χ0) is 21.8. The van der Waals surface area contributed by atoms with Crippen molar-refractivity contribution < 1.29 is 41.5 Å². The summed E-state index contributed by atoms with van der Waals surface area (Å²) in [7, 11) is -3.34. The van der Waals surface area contributed by atoms with Crippen LogP contribution in [0.25, 0.3) is 0 Å². The van der Waals surface area contributed by atoms with Crippen molar-refractivity contribution in [2.75, 3.05) is 0 Å². The molecule has 2 unspecified atom stereocenters. The van der Waals surface area contributed by atoms with E-state index in [4.69, 9.17) is 10.2 Å². The van der Waals surface area contributed by atoms with Crippen molar-refractivity contribution >= 4 is 16.6 Å². The van der Waals surface area contributed by atoms with Crippen molar-refractivity contribution in [2.45, 2.75) is 131 Å². The molecule has 4 N–H and O–H groups in total. The predicted octanol–water partition coefficient (Wildman–Crippen LogP) is 5.52. The van der Waals surface area contributed by atoms with Crippen LogP contribution in [0.2, 0.25) is 36.3 Å². The molecule has 27 heavy (non-hydrogen) atoms. The van der Waals surface area contributed by atoms with Gasteiger partial charge in [0, 0.05) is 21.7 Å². The first kappa shape index (κ1) is 38.6. The van der Waals surface area contributed by atoms with Crippen LogP contribution in [-0.4, -0.2) is 48.6 Å². The van der Waals surface area contributed by atoms with E-state index in [0.29, 0.717) is 0 Å². The Kier molecular flexibility index (Phi) is 35.8. The molecule has 0 aromatic heterocycles. The molecule has 0 fully saturated rings. The van der Waals surface area contributed by atoms with E-state index in [9.17, 15) is 9.59 Å². The Labute approximate surface area is 188 Å². The summed E-state index contributed by atoms with van der Waals surface area (Å²) in [5, 5.41) is 16.7. The van der Waals surface area contributed by atoms with Gasteiger partial charge in [0.2, 0.25) is 0 Å². The van der Waals surface area contributed by atoms with E-state index in [0.717, 1.165) is 49.1 Å². The molecule has 0 saturated heterocycles. The standard InChI is InChI=1S/2C6H16OSi.2C4H10O.Ti/c2*1-4-8(7,5-2)6-3;2*1-3-4(2)5;/h2*7H,4-6H2,1-3H3;2*4-5H,3H2,1-2H3;. The van der Waals surface area contributed by atoms with Gasteiger partial charge in [-0.15, -0.1) is 0 Å². The smallest absolute Gasteiger partial charge is 0.187 e. The molecule has 0 radical (unpaired) electrons. The maximum atomic E-state index is 9.58. The SMILES string of the molecule is CCC(C)O.CCC(C)O.CC[Si](O)(CC)CC.CC[Si](O)(CC)CC.[Ti]. The second-order valence-electron chi connectivity index (χ2n) is 7.08. The summed E-state index contributed by atoms with van der Waals surface area (Å²) in [6, 6.07) is 6.08. The summed E-state index contributed by atoms with van der Waals surface area (Å²) in [6.45, 7) is 19.9. The zero-order valence-corrected chi connectivity index (χ0v) is 23.7. The number of hydrogen-bond acceptors (Lipinski definition) is 4. The van der Waals surface area contributed by atoms with Crippen LogP contribution >= 0.6 is 0 Å². The van der Waals surface area contributed by atoms with E-state index in [1.165, 1.54) is 0 Å². The second kappa shape index (κ2) is 25.0. The summed E-state index contributed by atoms with van der Waals surface area (Å²) in [5.74, 6) is 0. The third kappa shape index (κ3) is 31.9. The average Bonchev–Trinajstić information content (AvgIpc) is 2.67. The van der Waals surface area contributed by atoms with Crippen LogP contribution in [0.3, 0.4) is 0 Å². The number of aliphatic hydroxyl groups is 2. The number of aliphatic hydroxyl groups excluding tert-OH is 2. The molecule has 4 nitrogen and oxygen atoms in total. The maximum Gasteiger partial charge on any atom is 0.187 e. The molecule has 0 aromatic rings. The van der Waals surface area contributed by atoms with Crippen molar-refractivity contribution in [1.29, 1.82) is 0 Å². The van der Waals surface area contributed by atoms with Gasteiger partial charge in [-0.25, -0.2) is 0 Å². The molecular weight excluding hydrogens is 408 g/mol. The van der Waals surface area contributed by atoms with Crippen molar-refractivity contribution in [1.82, 2.24) is 0 Å². The topological polar surface area (TPSA) is 80.9 Å². The van der Waals surface area contributed by atoms with Gasteiger partial charge < -0.3 is 19.8 Å². The van der Waals surface area contributed by atoms with Crippen LogP contribution in [0.15, 0.2) is 0 Å².